The Morgan fingerprint density at radius 1 is 1.26 bits per heavy atom. The molecule has 2 aromatic rings. The van der Waals surface area contributed by atoms with Gasteiger partial charge in [0.25, 0.3) is 0 Å². The lowest BCUT2D eigenvalue weighted by atomic mass is 10.1. The summed E-state index contributed by atoms with van der Waals surface area (Å²) >= 11 is 1.70. The van der Waals surface area contributed by atoms with E-state index in [-0.39, 0.29) is 0 Å². The molecule has 3 nitrogen and oxygen atoms in total. The zero-order chi connectivity index (χ0) is 13.8. The standard InChI is InChI=1S/C15H20N2OS/c1-10-5-6-14(13(7-10)8-16-4)18-9-15-17-11(2)12(3)19-15/h5-7,16H,8-9H2,1-4H3. The van der Waals surface area contributed by atoms with Crippen LogP contribution >= 0.6 is 11.3 Å². The summed E-state index contributed by atoms with van der Waals surface area (Å²) in [5.41, 5.74) is 3.54. The molecule has 102 valence electrons. The summed E-state index contributed by atoms with van der Waals surface area (Å²) in [5, 5.41) is 4.20. The Kier molecular flexibility index (Phi) is 4.56. The van der Waals surface area contributed by atoms with Crippen LogP contribution in [0.3, 0.4) is 0 Å². The maximum Gasteiger partial charge on any atom is 0.140 e. The summed E-state index contributed by atoms with van der Waals surface area (Å²) in [6.45, 7) is 7.57. The largest absolute Gasteiger partial charge is 0.486 e. The molecule has 1 N–H and O–H groups in total. The van der Waals surface area contributed by atoms with Crippen LogP contribution in [0.2, 0.25) is 0 Å². The van der Waals surface area contributed by atoms with Gasteiger partial charge < -0.3 is 10.1 Å². The van der Waals surface area contributed by atoms with Gasteiger partial charge in [0.15, 0.2) is 0 Å². The third-order valence-electron chi connectivity index (χ3n) is 3.01. The van der Waals surface area contributed by atoms with Gasteiger partial charge in [-0.2, -0.15) is 0 Å². The maximum absolute atomic E-state index is 5.91. The molecule has 0 spiro atoms. The minimum Gasteiger partial charge on any atom is -0.486 e. The minimum absolute atomic E-state index is 0.541. The molecule has 19 heavy (non-hydrogen) atoms. The normalized spacial score (nSPS) is 10.7. The fourth-order valence-corrected chi connectivity index (χ4v) is 2.77. The summed E-state index contributed by atoms with van der Waals surface area (Å²) in [4.78, 5) is 5.76. The van der Waals surface area contributed by atoms with Crippen molar-refractivity contribution in [2.45, 2.75) is 33.9 Å². The first-order valence-corrected chi connectivity index (χ1v) is 7.21. The molecule has 0 amide bonds. The van der Waals surface area contributed by atoms with Crippen LogP contribution in [-0.4, -0.2) is 12.0 Å². The fraction of sp³-hybridized carbons (Fsp3) is 0.400. The average molecular weight is 276 g/mol. The molecule has 0 saturated carbocycles. The predicted octanol–water partition coefficient (Wildman–Crippen LogP) is 3.37. The quantitative estimate of drug-likeness (QED) is 0.909. The van der Waals surface area contributed by atoms with Gasteiger partial charge >= 0.3 is 0 Å². The highest BCUT2D eigenvalue weighted by Crippen LogP contribution is 2.23. The van der Waals surface area contributed by atoms with Crippen LogP contribution in [-0.2, 0) is 13.2 Å². The second-order valence-electron chi connectivity index (χ2n) is 4.68. The minimum atomic E-state index is 0.541. The first-order valence-electron chi connectivity index (χ1n) is 6.40. The number of thiazole rings is 1. The third kappa shape index (κ3) is 3.55. The van der Waals surface area contributed by atoms with Gasteiger partial charge in [-0.3, -0.25) is 0 Å². The van der Waals surface area contributed by atoms with Crippen molar-refractivity contribution in [3.05, 3.63) is 44.9 Å². The molecule has 4 heteroatoms. The summed E-state index contributed by atoms with van der Waals surface area (Å²) in [7, 11) is 1.94. The van der Waals surface area contributed by atoms with Crippen molar-refractivity contribution in [3.8, 4) is 5.75 Å². The molecule has 0 aliphatic rings. The molecule has 0 radical (unpaired) electrons. The number of nitrogens with one attached hydrogen (secondary N) is 1. The molecule has 0 atom stereocenters. The third-order valence-corrected chi connectivity index (χ3v) is 4.05. The molecule has 1 aromatic heterocycles. The first-order chi connectivity index (χ1) is 9.10. The van der Waals surface area contributed by atoms with Crippen molar-refractivity contribution in [3.63, 3.8) is 0 Å². The molecule has 0 fully saturated rings. The number of rotatable bonds is 5. The lowest BCUT2D eigenvalue weighted by Crippen LogP contribution is -2.08. The zero-order valence-electron chi connectivity index (χ0n) is 11.9. The van der Waals surface area contributed by atoms with Gasteiger partial charge in [-0.05, 0) is 33.9 Å². The number of ether oxygens (including phenoxy) is 1. The highest BCUT2D eigenvalue weighted by atomic mass is 32.1. The van der Waals surface area contributed by atoms with Crippen molar-refractivity contribution in [2.75, 3.05) is 7.05 Å². The van der Waals surface area contributed by atoms with Crippen molar-refractivity contribution in [1.82, 2.24) is 10.3 Å². The molecule has 0 aliphatic heterocycles. The highest BCUT2D eigenvalue weighted by molar-refractivity contribution is 7.11. The molecular formula is C15H20N2OS. The molecule has 2 rings (SSSR count). The number of hydrogen-bond donors (Lipinski definition) is 1. The van der Waals surface area contributed by atoms with Gasteiger partial charge in [0, 0.05) is 17.0 Å². The Hall–Kier alpha value is -1.39. The van der Waals surface area contributed by atoms with Crippen LogP contribution in [0.5, 0.6) is 5.75 Å². The lowest BCUT2D eigenvalue weighted by Gasteiger charge is -2.11. The summed E-state index contributed by atoms with van der Waals surface area (Å²) in [6.07, 6.45) is 0. The van der Waals surface area contributed by atoms with Crippen LogP contribution in [0.1, 0.15) is 26.7 Å². The van der Waals surface area contributed by atoms with E-state index in [1.165, 1.54) is 16.0 Å². The molecule has 0 aliphatic carbocycles. The van der Waals surface area contributed by atoms with Crippen LogP contribution < -0.4 is 10.1 Å². The van der Waals surface area contributed by atoms with Gasteiger partial charge in [0.2, 0.25) is 0 Å². The molecule has 1 aromatic carbocycles. The Morgan fingerprint density at radius 2 is 2.05 bits per heavy atom. The number of nitrogens with zero attached hydrogens (tertiary/aromatic N) is 1. The van der Waals surface area contributed by atoms with Crippen molar-refractivity contribution in [1.29, 1.82) is 0 Å². The van der Waals surface area contributed by atoms with Crippen molar-refractivity contribution >= 4 is 11.3 Å². The van der Waals surface area contributed by atoms with Gasteiger partial charge in [0.05, 0.1) is 5.69 Å². The Bertz CT molecular complexity index is 544. The van der Waals surface area contributed by atoms with Gasteiger partial charge in [0.1, 0.15) is 17.4 Å². The average Bonchev–Trinajstić information content (AvgIpc) is 2.68. The first kappa shape index (κ1) is 14.0. The smallest absolute Gasteiger partial charge is 0.140 e. The second kappa shape index (κ2) is 6.17. The summed E-state index contributed by atoms with van der Waals surface area (Å²) in [5.74, 6) is 0.936. The number of hydrogen-bond acceptors (Lipinski definition) is 4. The Balaban J connectivity index is 2.10. The van der Waals surface area contributed by atoms with Crippen molar-refractivity contribution < 1.29 is 4.74 Å². The highest BCUT2D eigenvalue weighted by Gasteiger charge is 2.07. The van der Waals surface area contributed by atoms with Crippen LogP contribution in [0.15, 0.2) is 18.2 Å². The maximum atomic E-state index is 5.91. The van der Waals surface area contributed by atoms with Gasteiger partial charge in [-0.15, -0.1) is 11.3 Å². The topological polar surface area (TPSA) is 34.1 Å². The van der Waals surface area contributed by atoms with Crippen molar-refractivity contribution in [2.24, 2.45) is 0 Å². The zero-order valence-corrected chi connectivity index (χ0v) is 12.7. The molecular weight excluding hydrogens is 256 g/mol. The SMILES string of the molecule is CNCc1cc(C)ccc1OCc1nc(C)c(C)s1. The van der Waals surface area contributed by atoms with E-state index in [1.807, 2.05) is 20.0 Å². The lowest BCUT2D eigenvalue weighted by molar-refractivity contribution is 0.301. The van der Waals surface area contributed by atoms with Gasteiger partial charge in [-0.1, -0.05) is 17.7 Å². The van der Waals surface area contributed by atoms with Crippen LogP contribution in [0.4, 0.5) is 0 Å². The van der Waals surface area contributed by atoms with E-state index in [4.69, 9.17) is 4.74 Å². The number of aryl methyl sites for hydroxylation is 3. The predicted molar refractivity (Wildman–Crippen MR) is 79.9 cm³/mol. The van der Waals surface area contributed by atoms with E-state index in [0.29, 0.717) is 6.61 Å². The van der Waals surface area contributed by atoms with E-state index >= 15 is 0 Å². The van der Waals surface area contributed by atoms with E-state index < -0.39 is 0 Å². The van der Waals surface area contributed by atoms with E-state index in [9.17, 15) is 0 Å². The monoisotopic (exact) mass is 276 g/mol. The number of benzene rings is 1. The molecule has 0 bridgehead atoms. The van der Waals surface area contributed by atoms with Crippen LogP contribution in [0.25, 0.3) is 0 Å². The van der Waals surface area contributed by atoms with E-state index in [2.05, 4.69) is 36.3 Å². The summed E-state index contributed by atoms with van der Waals surface area (Å²) in [6, 6.07) is 6.27. The molecule has 0 unspecified atom stereocenters. The Labute approximate surface area is 118 Å². The summed E-state index contributed by atoms with van der Waals surface area (Å²) < 4.78 is 5.91. The van der Waals surface area contributed by atoms with Crippen LogP contribution in [0, 0.1) is 20.8 Å². The Morgan fingerprint density at radius 3 is 2.68 bits per heavy atom. The fourth-order valence-electron chi connectivity index (χ4n) is 1.92. The second-order valence-corrected chi connectivity index (χ2v) is 5.97. The van der Waals surface area contributed by atoms with E-state index in [0.717, 1.165) is 23.0 Å². The molecule has 0 saturated heterocycles. The van der Waals surface area contributed by atoms with Gasteiger partial charge in [-0.25, -0.2) is 4.98 Å². The molecule has 1 heterocycles. The van der Waals surface area contributed by atoms with E-state index in [1.54, 1.807) is 11.3 Å². The number of aromatic nitrogens is 1.